The second-order valence-corrected chi connectivity index (χ2v) is 7.12. The number of thiophene rings is 1. The minimum Gasteiger partial charge on any atom is -0.341 e. The lowest BCUT2D eigenvalue weighted by atomic mass is 10.1. The Balaban J connectivity index is 1.55. The Morgan fingerprint density at radius 2 is 2.12 bits per heavy atom. The molecule has 3 aromatic rings. The van der Waals surface area contributed by atoms with Crippen LogP contribution in [-0.4, -0.2) is 28.0 Å². The molecule has 0 fully saturated rings. The van der Waals surface area contributed by atoms with Gasteiger partial charge < -0.3 is 9.42 Å². The molecule has 0 bridgehead atoms. The summed E-state index contributed by atoms with van der Waals surface area (Å²) in [6.07, 6.45) is 0.807. The maximum Gasteiger partial charge on any atom is 0.227 e. The quantitative estimate of drug-likeness (QED) is 0.670. The summed E-state index contributed by atoms with van der Waals surface area (Å²) in [6.45, 7) is 4.75. The standard InChI is InChI=1S/C19H21N3O2S/c1-13-6-7-15(14(2)11-13)12-22(3)18(23)9-8-17-20-19(21-24-17)16-5-4-10-25-16/h4-7,10-11H,8-9,12H2,1-3H3. The number of benzene rings is 1. The first kappa shape index (κ1) is 17.4. The summed E-state index contributed by atoms with van der Waals surface area (Å²) < 4.78 is 5.24. The second kappa shape index (κ2) is 7.61. The summed E-state index contributed by atoms with van der Waals surface area (Å²) in [7, 11) is 1.83. The fraction of sp³-hybridized carbons (Fsp3) is 0.316. The molecule has 0 saturated heterocycles. The van der Waals surface area contributed by atoms with E-state index < -0.39 is 0 Å². The van der Waals surface area contributed by atoms with Crippen molar-refractivity contribution < 1.29 is 9.32 Å². The molecular weight excluding hydrogens is 334 g/mol. The van der Waals surface area contributed by atoms with E-state index in [1.54, 1.807) is 16.2 Å². The van der Waals surface area contributed by atoms with Gasteiger partial charge in [-0.25, -0.2) is 0 Å². The molecule has 0 saturated carbocycles. The highest BCUT2D eigenvalue weighted by Gasteiger charge is 2.14. The lowest BCUT2D eigenvalue weighted by Crippen LogP contribution is -2.26. The van der Waals surface area contributed by atoms with E-state index in [0.29, 0.717) is 31.1 Å². The Kier molecular flexibility index (Phi) is 5.28. The molecule has 0 aliphatic carbocycles. The zero-order valence-corrected chi connectivity index (χ0v) is 15.5. The summed E-state index contributed by atoms with van der Waals surface area (Å²) in [5.74, 6) is 1.15. The van der Waals surface area contributed by atoms with Crippen LogP contribution in [0.1, 0.15) is 29.0 Å². The van der Waals surface area contributed by atoms with Crippen LogP contribution in [0.4, 0.5) is 0 Å². The molecule has 2 heterocycles. The molecule has 2 aromatic heterocycles. The lowest BCUT2D eigenvalue weighted by Gasteiger charge is -2.18. The molecule has 0 unspecified atom stereocenters. The summed E-state index contributed by atoms with van der Waals surface area (Å²) in [5.41, 5.74) is 3.60. The Hall–Kier alpha value is -2.47. The van der Waals surface area contributed by atoms with Gasteiger partial charge in [0.25, 0.3) is 0 Å². The normalized spacial score (nSPS) is 10.8. The van der Waals surface area contributed by atoms with E-state index in [9.17, 15) is 4.79 Å². The maximum absolute atomic E-state index is 12.4. The number of aromatic nitrogens is 2. The van der Waals surface area contributed by atoms with Crippen LogP contribution in [0.2, 0.25) is 0 Å². The molecule has 3 rings (SSSR count). The molecule has 6 heteroatoms. The summed E-state index contributed by atoms with van der Waals surface area (Å²) in [5, 5.41) is 5.94. The number of nitrogens with zero attached hydrogens (tertiary/aromatic N) is 3. The highest BCUT2D eigenvalue weighted by atomic mass is 32.1. The van der Waals surface area contributed by atoms with Crippen molar-refractivity contribution in [2.45, 2.75) is 33.2 Å². The lowest BCUT2D eigenvalue weighted by molar-refractivity contribution is -0.130. The van der Waals surface area contributed by atoms with Crippen LogP contribution in [0.15, 0.2) is 40.2 Å². The van der Waals surface area contributed by atoms with Gasteiger partial charge in [0.2, 0.25) is 17.6 Å². The van der Waals surface area contributed by atoms with Crippen LogP contribution in [0.25, 0.3) is 10.7 Å². The van der Waals surface area contributed by atoms with Gasteiger partial charge in [-0.1, -0.05) is 35.0 Å². The molecular formula is C19H21N3O2S. The first-order valence-electron chi connectivity index (χ1n) is 8.19. The van der Waals surface area contributed by atoms with Gasteiger partial charge in [0.05, 0.1) is 4.88 Å². The van der Waals surface area contributed by atoms with E-state index in [1.807, 2.05) is 24.6 Å². The van der Waals surface area contributed by atoms with E-state index in [-0.39, 0.29) is 5.91 Å². The van der Waals surface area contributed by atoms with E-state index in [4.69, 9.17) is 4.52 Å². The first-order valence-corrected chi connectivity index (χ1v) is 9.07. The maximum atomic E-state index is 12.4. The van der Waals surface area contributed by atoms with Crippen molar-refractivity contribution in [2.24, 2.45) is 0 Å². The minimum atomic E-state index is 0.0656. The van der Waals surface area contributed by atoms with Crippen LogP contribution in [0.5, 0.6) is 0 Å². The number of hydrogen-bond donors (Lipinski definition) is 0. The fourth-order valence-electron chi connectivity index (χ4n) is 2.63. The van der Waals surface area contributed by atoms with Crippen molar-refractivity contribution >= 4 is 17.2 Å². The first-order chi connectivity index (χ1) is 12.0. The van der Waals surface area contributed by atoms with E-state index >= 15 is 0 Å². The average Bonchev–Trinajstić information content (AvgIpc) is 3.26. The predicted octanol–water partition coefficient (Wildman–Crippen LogP) is 4.01. The molecule has 0 N–H and O–H groups in total. The molecule has 25 heavy (non-hydrogen) atoms. The van der Waals surface area contributed by atoms with Gasteiger partial charge in [0, 0.05) is 26.4 Å². The third-order valence-electron chi connectivity index (χ3n) is 4.09. The van der Waals surface area contributed by atoms with Crippen molar-refractivity contribution in [1.29, 1.82) is 0 Å². The van der Waals surface area contributed by atoms with Crippen molar-refractivity contribution in [2.75, 3.05) is 7.05 Å². The van der Waals surface area contributed by atoms with Crippen molar-refractivity contribution in [1.82, 2.24) is 15.0 Å². The predicted molar refractivity (Wildman–Crippen MR) is 98.3 cm³/mol. The number of hydrogen-bond acceptors (Lipinski definition) is 5. The van der Waals surface area contributed by atoms with Crippen LogP contribution in [0, 0.1) is 13.8 Å². The Bertz CT molecular complexity index is 855. The number of carbonyl (C=O) groups excluding carboxylic acids is 1. The Morgan fingerprint density at radius 1 is 1.28 bits per heavy atom. The van der Waals surface area contributed by atoms with Crippen LogP contribution >= 0.6 is 11.3 Å². The van der Waals surface area contributed by atoms with Gasteiger partial charge in [-0.3, -0.25) is 4.79 Å². The largest absolute Gasteiger partial charge is 0.341 e. The molecule has 0 aliphatic heterocycles. The summed E-state index contributed by atoms with van der Waals surface area (Å²) in [4.78, 5) is 19.4. The van der Waals surface area contributed by atoms with Crippen LogP contribution in [0.3, 0.4) is 0 Å². The molecule has 0 atom stereocenters. The van der Waals surface area contributed by atoms with Gasteiger partial charge in [0.15, 0.2) is 0 Å². The van der Waals surface area contributed by atoms with Crippen LogP contribution in [-0.2, 0) is 17.8 Å². The van der Waals surface area contributed by atoms with Gasteiger partial charge in [0.1, 0.15) is 0 Å². The number of aryl methyl sites for hydroxylation is 3. The number of amides is 1. The minimum absolute atomic E-state index is 0.0656. The van der Waals surface area contributed by atoms with Crippen molar-refractivity contribution in [3.63, 3.8) is 0 Å². The highest BCUT2D eigenvalue weighted by Crippen LogP contribution is 2.21. The number of carbonyl (C=O) groups is 1. The third kappa shape index (κ3) is 4.33. The van der Waals surface area contributed by atoms with Gasteiger partial charge >= 0.3 is 0 Å². The zero-order valence-electron chi connectivity index (χ0n) is 14.7. The smallest absolute Gasteiger partial charge is 0.227 e. The molecule has 0 spiro atoms. The van der Waals surface area contributed by atoms with E-state index in [0.717, 1.165) is 4.88 Å². The zero-order chi connectivity index (χ0) is 17.8. The third-order valence-corrected chi connectivity index (χ3v) is 4.96. The van der Waals surface area contributed by atoms with Crippen molar-refractivity contribution in [3.05, 3.63) is 58.3 Å². The topological polar surface area (TPSA) is 59.2 Å². The molecule has 0 radical (unpaired) electrons. The van der Waals surface area contributed by atoms with Gasteiger partial charge in [-0.15, -0.1) is 11.3 Å². The highest BCUT2D eigenvalue weighted by molar-refractivity contribution is 7.13. The van der Waals surface area contributed by atoms with Crippen LogP contribution < -0.4 is 0 Å². The van der Waals surface area contributed by atoms with Crippen molar-refractivity contribution in [3.8, 4) is 10.7 Å². The molecule has 5 nitrogen and oxygen atoms in total. The Morgan fingerprint density at radius 3 is 2.84 bits per heavy atom. The van der Waals surface area contributed by atoms with Gasteiger partial charge in [-0.05, 0) is 36.4 Å². The van der Waals surface area contributed by atoms with E-state index in [1.165, 1.54) is 16.7 Å². The molecule has 0 aliphatic rings. The number of rotatable bonds is 6. The monoisotopic (exact) mass is 355 g/mol. The summed E-state index contributed by atoms with van der Waals surface area (Å²) >= 11 is 1.56. The summed E-state index contributed by atoms with van der Waals surface area (Å²) in [6, 6.07) is 10.2. The van der Waals surface area contributed by atoms with Gasteiger partial charge in [-0.2, -0.15) is 4.98 Å². The molecule has 1 amide bonds. The average molecular weight is 355 g/mol. The fourth-order valence-corrected chi connectivity index (χ4v) is 3.28. The van der Waals surface area contributed by atoms with E-state index in [2.05, 4.69) is 42.2 Å². The molecule has 130 valence electrons. The molecule has 1 aromatic carbocycles. The Labute approximate surface area is 151 Å². The second-order valence-electron chi connectivity index (χ2n) is 6.17. The SMILES string of the molecule is Cc1ccc(CN(C)C(=O)CCc2nc(-c3cccs3)no2)c(C)c1.